The van der Waals surface area contributed by atoms with Gasteiger partial charge in [0.15, 0.2) is 0 Å². The van der Waals surface area contributed by atoms with E-state index in [1.165, 1.54) is 476 Å². The van der Waals surface area contributed by atoms with Crippen LogP contribution in [-0.2, 0) is 9.59 Å². The average Bonchev–Trinajstić information content (AvgIpc) is 3.75. The van der Waals surface area contributed by atoms with Crippen LogP contribution in [0.3, 0.4) is 0 Å². The van der Waals surface area contributed by atoms with Gasteiger partial charge in [0.1, 0.15) is 0 Å². The van der Waals surface area contributed by atoms with E-state index in [0.29, 0.717) is 0 Å². The maximum atomic E-state index is 9.63. The summed E-state index contributed by atoms with van der Waals surface area (Å²) in [5.74, 6) is -1.87. The van der Waals surface area contributed by atoms with Crippen molar-refractivity contribution < 1.29 is 30.0 Å². The van der Waals surface area contributed by atoms with Crippen molar-refractivity contribution in [2.24, 2.45) is 5.41 Å². The highest BCUT2D eigenvalue weighted by atomic mass is 16.4. The third kappa shape index (κ3) is 78.9. The molecule has 6 nitrogen and oxygen atoms in total. The summed E-state index contributed by atoms with van der Waals surface area (Å²) >= 11 is 0. The van der Waals surface area contributed by atoms with Gasteiger partial charge in [0.2, 0.25) is 0 Å². The van der Waals surface area contributed by atoms with Gasteiger partial charge in [0.05, 0.1) is 13.2 Å². The first-order valence-corrected chi connectivity index (χ1v) is 41.6. The fraction of sp³-hybridized carbons (Fsp3) is 0.929. The Hall–Kier alpha value is -1.66. The van der Waals surface area contributed by atoms with Gasteiger partial charge < -0.3 is 20.4 Å². The second-order valence-electron chi connectivity index (χ2n) is 29.9. The van der Waals surface area contributed by atoms with E-state index < -0.39 is 11.9 Å². The zero-order chi connectivity index (χ0) is 66.5. The van der Waals surface area contributed by atoms with Crippen molar-refractivity contribution in [1.29, 1.82) is 0 Å². The molecule has 0 radical (unpaired) electrons. The topological polar surface area (TPSA) is 115 Å². The lowest BCUT2D eigenvalue weighted by Crippen LogP contribution is -2.29. The Labute approximate surface area is 571 Å². The molecular weight excluding hydrogens is 1120 g/mol. The third-order valence-electron chi connectivity index (χ3n) is 20.6. The Kier molecular flexibility index (Phi) is 79.4. The highest BCUT2D eigenvalue weighted by Gasteiger charge is 2.27. The molecule has 91 heavy (non-hydrogen) atoms. The van der Waals surface area contributed by atoms with Crippen molar-refractivity contribution >= 4 is 11.9 Å². The third-order valence-corrected chi connectivity index (χ3v) is 20.6. The summed E-state index contributed by atoms with van der Waals surface area (Å²) in [7, 11) is 0. The quantitative estimate of drug-likeness (QED) is 0.209. The Bertz CT molecular complexity index is 1020. The number of hydrogen-bond donors (Lipinski definition) is 4. The SMILES string of the molecule is C1CCCCCCCCCCCCCC1.C1CCCCCCCCCCCCCC1.C1CCCCCCCCCCCCCC1.C1CCCCCCCCCCCCCC1.C=C(C)C(=O)O.C=C(C)C(=O)O.OCC1(CO)CCCCCCCCCCCCCC1. The van der Waals surface area contributed by atoms with Crippen LogP contribution in [0.1, 0.15) is 489 Å². The molecule has 4 N–H and O–H groups in total. The first-order valence-electron chi connectivity index (χ1n) is 41.6. The molecule has 0 amide bonds. The van der Waals surface area contributed by atoms with Gasteiger partial charge in [0, 0.05) is 16.6 Å². The lowest BCUT2D eigenvalue weighted by atomic mass is 9.79. The Morgan fingerprint density at radius 3 is 0.330 bits per heavy atom. The molecule has 0 spiro atoms. The first kappa shape index (κ1) is 91.4. The molecule has 0 atom stereocenters. The largest absolute Gasteiger partial charge is 0.478 e. The number of carbonyl (C=O) groups is 2. The molecule has 542 valence electrons. The Morgan fingerprint density at radius 1 is 0.209 bits per heavy atom. The Balaban J connectivity index is 0. The maximum absolute atomic E-state index is 9.63. The van der Waals surface area contributed by atoms with Crippen LogP contribution in [0.25, 0.3) is 0 Å². The van der Waals surface area contributed by atoms with Crippen molar-refractivity contribution in [3.05, 3.63) is 24.3 Å². The smallest absolute Gasteiger partial charge is 0.330 e. The van der Waals surface area contributed by atoms with Gasteiger partial charge in [-0.05, 0) is 26.7 Å². The molecule has 0 unspecified atom stereocenters. The number of hydrogen-bond acceptors (Lipinski definition) is 4. The van der Waals surface area contributed by atoms with E-state index in [0.717, 1.165) is 12.8 Å². The van der Waals surface area contributed by atoms with Crippen LogP contribution in [0.4, 0.5) is 0 Å². The minimum atomic E-state index is -0.935. The molecule has 5 aliphatic carbocycles. The summed E-state index contributed by atoms with van der Waals surface area (Å²) in [5.41, 5.74) is 0.158. The molecule has 5 fully saturated rings. The predicted molar refractivity (Wildman–Crippen MR) is 403 cm³/mol. The minimum Gasteiger partial charge on any atom is -0.478 e. The molecule has 5 saturated carbocycles. The highest BCUT2D eigenvalue weighted by Crippen LogP contribution is 2.32. The van der Waals surface area contributed by atoms with E-state index >= 15 is 0 Å². The van der Waals surface area contributed by atoms with E-state index in [9.17, 15) is 19.8 Å². The number of rotatable bonds is 4. The van der Waals surface area contributed by atoms with Crippen molar-refractivity contribution in [2.75, 3.05) is 13.2 Å². The van der Waals surface area contributed by atoms with Gasteiger partial charge in [0.25, 0.3) is 0 Å². The molecule has 0 aromatic rings. The summed E-state index contributed by atoms with van der Waals surface area (Å²) in [6.07, 6.45) is 108. The lowest BCUT2D eigenvalue weighted by molar-refractivity contribution is -0.133. The van der Waals surface area contributed by atoms with E-state index in [4.69, 9.17) is 10.2 Å². The molecule has 0 aromatic heterocycles. The fourth-order valence-electron chi connectivity index (χ4n) is 13.9. The minimum absolute atomic E-state index is 0.156. The lowest BCUT2D eigenvalue weighted by Gasteiger charge is -2.30. The number of carboxylic acid groups (broad SMARTS) is 2. The van der Waals surface area contributed by atoms with Crippen LogP contribution in [0.5, 0.6) is 0 Å². The van der Waals surface area contributed by atoms with Crippen LogP contribution in [-0.4, -0.2) is 45.6 Å². The van der Waals surface area contributed by atoms with Crippen molar-refractivity contribution in [3.8, 4) is 0 Å². The number of aliphatic carboxylic acids is 2. The summed E-state index contributed by atoms with van der Waals surface area (Å²) in [5, 5.41) is 35.0. The van der Waals surface area contributed by atoms with E-state index in [1.807, 2.05) is 0 Å². The molecule has 0 heterocycles. The van der Waals surface area contributed by atoms with Gasteiger partial charge in [-0.25, -0.2) is 9.59 Å². The van der Waals surface area contributed by atoms with Crippen LogP contribution in [0, 0.1) is 5.41 Å². The summed E-state index contributed by atoms with van der Waals surface area (Å²) < 4.78 is 0. The Morgan fingerprint density at radius 2 is 0.275 bits per heavy atom. The van der Waals surface area contributed by atoms with Gasteiger partial charge >= 0.3 is 11.9 Å². The maximum Gasteiger partial charge on any atom is 0.330 e. The van der Waals surface area contributed by atoms with Crippen molar-refractivity contribution in [3.63, 3.8) is 0 Å². The summed E-state index contributed by atoms with van der Waals surface area (Å²) in [6.45, 7) is 9.52. The first-order chi connectivity index (χ1) is 44.6. The van der Waals surface area contributed by atoms with Crippen molar-refractivity contribution in [1.82, 2.24) is 0 Å². The fourth-order valence-corrected chi connectivity index (χ4v) is 13.9. The van der Waals surface area contributed by atoms with E-state index in [2.05, 4.69) is 13.2 Å². The standard InChI is InChI=1S/C17H34O2.4C15H30.2C4H6O2/c18-15-17(16-19)13-11-9-7-5-3-1-2-4-6-8-10-12-14-17;4*1-2-4-6-8-10-12-14-15-13-11-9-7-5-3-1;2*1-3(2)4(5)6/h18-19H,1-16H2;4*1-15H2;2*1H2,2H3,(H,5,6). The zero-order valence-corrected chi connectivity index (χ0v) is 62.3. The molecule has 0 aliphatic heterocycles. The molecule has 6 heteroatoms. The molecule has 0 saturated heterocycles. The molecule has 0 bridgehead atoms. The summed E-state index contributed by atoms with van der Waals surface area (Å²) in [6, 6.07) is 0. The highest BCUT2D eigenvalue weighted by molar-refractivity contribution is 5.85. The predicted octanol–water partition coefficient (Wildman–Crippen LogP) is 29.1. The molecule has 5 rings (SSSR count). The second-order valence-corrected chi connectivity index (χ2v) is 29.9. The second kappa shape index (κ2) is 79.0. The van der Waals surface area contributed by atoms with E-state index in [1.54, 1.807) is 0 Å². The van der Waals surface area contributed by atoms with Gasteiger partial charge in [-0.2, -0.15) is 0 Å². The normalized spacial score (nSPS) is 21.9. The van der Waals surface area contributed by atoms with Crippen molar-refractivity contribution in [2.45, 2.75) is 489 Å². The number of carboxylic acids is 2. The van der Waals surface area contributed by atoms with Crippen LogP contribution < -0.4 is 0 Å². The van der Waals surface area contributed by atoms with Gasteiger partial charge in [-0.1, -0.05) is 475 Å². The van der Waals surface area contributed by atoms with Crippen LogP contribution in [0.15, 0.2) is 24.3 Å². The van der Waals surface area contributed by atoms with Gasteiger partial charge in [-0.3, -0.25) is 0 Å². The zero-order valence-electron chi connectivity index (χ0n) is 62.3. The summed E-state index contributed by atoms with van der Waals surface area (Å²) in [4.78, 5) is 19.2. The van der Waals surface area contributed by atoms with Crippen LogP contribution in [0.2, 0.25) is 0 Å². The van der Waals surface area contributed by atoms with Gasteiger partial charge in [-0.15, -0.1) is 0 Å². The van der Waals surface area contributed by atoms with E-state index in [-0.39, 0.29) is 29.8 Å². The number of aliphatic hydroxyl groups excluding tert-OH is 2. The van der Waals surface area contributed by atoms with Crippen LogP contribution >= 0.6 is 0 Å². The molecular formula is C85H166O6. The monoisotopic (exact) mass is 1280 g/mol. The molecule has 5 aliphatic rings. The average molecular weight is 1280 g/mol. The number of aliphatic hydroxyl groups is 2. The molecule has 0 aromatic carbocycles.